The summed E-state index contributed by atoms with van der Waals surface area (Å²) in [6, 6.07) is 0. The van der Waals surface area contributed by atoms with Gasteiger partial charge in [-0.15, -0.1) is 0 Å². The lowest BCUT2D eigenvalue weighted by Gasteiger charge is -2.57. The highest BCUT2D eigenvalue weighted by atomic mass is 16.3. The minimum absolute atomic E-state index is 0.0468. The van der Waals surface area contributed by atoms with E-state index in [0.717, 1.165) is 31.6 Å². The van der Waals surface area contributed by atoms with E-state index in [1.165, 1.54) is 19.3 Å². The predicted molar refractivity (Wildman–Crippen MR) is 67.1 cm³/mol. The van der Waals surface area contributed by atoms with Crippen LogP contribution in [0.2, 0.25) is 0 Å². The third-order valence-corrected chi connectivity index (χ3v) is 5.39. The van der Waals surface area contributed by atoms with Crippen molar-refractivity contribution in [2.24, 2.45) is 23.0 Å². The summed E-state index contributed by atoms with van der Waals surface area (Å²) in [5.41, 5.74) is 5.62. The van der Waals surface area contributed by atoms with Crippen molar-refractivity contribution in [3.05, 3.63) is 0 Å². The first kappa shape index (κ1) is 12.4. The van der Waals surface area contributed by atoms with Gasteiger partial charge in [0.15, 0.2) is 0 Å². The fraction of sp³-hybridized carbons (Fsp3) is 1.00. The van der Waals surface area contributed by atoms with Gasteiger partial charge >= 0.3 is 0 Å². The molecule has 0 spiro atoms. The van der Waals surface area contributed by atoms with Crippen LogP contribution in [0.1, 0.15) is 58.8 Å². The molecule has 0 saturated heterocycles. The zero-order valence-electron chi connectivity index (χ0n) is 10.8. The summed E-state index contributed by atoms with van der Waals surface area (Å²) >= 11 is 0. The van der Waals surface area contributed by atoms with E-state index in [1.807, 2.05) is 0 Å². The van der Waals surface area contributed by atoms with Crippen LogP contribution in [0.4, 0.5) is 0 Å². The van der Waals surface area contributed by atoms with Crippen LogP contribution in [0.5, 0.6) is 0 Å². The number of aliphatic hydroxyl groups is 1. The van der Waals surface area contributed by atoms with E-state index in [9.17, 15) is 5.11 Å². The van der Waals surface area contributed by atoms with Gasteiger partial charge in [0.25, 0.3) is 0 Å². The first-order valence-corrected chi connectivity index (χ1v) is 6.98. The standard InChI is InChI=1S/C14H27NO/c1-3-12-4-6-13(10-15,7-5-12)14(16)8-11(2)9-14/h11-12,16H,3-10,15H2,1-2H3. The number of nitrogens with two attached hydrogens (primary N) is 1. The lowest BCUT2D eigenvalue weighted by Crippen LogP contribution is -2.60. The van der Waals surface area contributed by atoms with Gasteiger partial charge in [-0.05, 0) is 50.4 Å². The molecule has 0 aromatic rings. The van der Waals surface area contributed by atoms with E-state index >= 15 is 0 Å². The first-order chi connectivity index (χ1) is 7.55. The van der Waals surface area contributed by atoms with Crippen LogP contribution in [-0.2, 0) is 0 Å². The van der Waals surface area contributed by atoms with Crippen molar-refractivity contribution < 1.29 is 5.11 Å². The largest absolute Gasteiger partial charge is 0.389 e. The SMILES string of the molecule is CCC1CCC(CN)(C2(O)CC(C)C2)CC1. The topological polar surface area (TPSA) is 46.2 Å². The van der Waals surface area contributed by atoms with Crippen LogP contribution in [0.15, 0.2) is 0 Å². The second-order valence-corrected chi connectivity index (χ2v) is 6.38. The molecule has 2 aliphatic carbocycles. The van der Waals surface area contributed by atoms with Gasteiger partial charge in [0.2, 0.25) is 0 Å². The molecule has 2 nitrogen and oxygen atoms in total. The van der Waals surface area contributed by atoms with Gasteiger partial charge in [-0.3, -0.25) is 0 Å². The van der Waals surface area contributed by atoms with Crippen molar-refractivity contribution in [3.8, 4) is 0 Å². The van der Waals surface area contributed by atoms with Gasteiger partial charge in [0.05, 0.1) is 5.60 Å². The number of rotatable bonds is 3. The quantitative estimate of drug-likeness (QED) is 0.775. The van der Waals surface area contributed by atoms with Gasteiger partial charge in [0, 0.05) is 12.0 Å². The Morgan fingerprint density at radius 1 is 1.25 bits per heavy atom. The molecule has 2 fully saturated rings. The van der Waals surface area contributed by atoms with E-state index in [1.54, 1.807) is 0 Å². The lowest BCUT2D eigenvalue weighted by molar-refractivity contribution is -0.176. The molecule has 0 unspecified atom stereocenters. The highest BCUT2D eigenvalue weighted by molar-refractivity contribution is 5.08. The molecule has 0 aromatic carbocycles. The molecule has 0 atom stereocenters. The molecule has 2 saturated carbocycles. The smallest absolute Gasteiger partial charge is 0.0720 e. The van der Waals surface area contributed by atoms with Crippen molar-refractivity contribution in [2.45, 2.75) is 64.4 Å². The first-order valence-electron chi connectivity index (χ1n) is 6.98. The summed E-state index contributed by atoms with van der Waals surface area (Å²) in [4.78, 5) is 0. The maximum absolute atomic E-state index is 10.7. The van der Waals surface area contributed by atoms with Crippen LogP contribution in [-0.4, -0.2) is 17.3 Å². The fourth-order valence-corrected chi connectivity index (χ4v) is 4.02. The molecule has 2 rings (SSSR count). The second-order valence-electron chi connectivity index (χ2n) is 6.38. The molecule has 0 bridgehead atoms. The van der Waals surface area contributed by atoms with Crippen molar-refractivity contribution in [3.63, 3.8) is 0 Å². The molecule has 94 valence electrons. The van der Waals surface area contributed by atoms with Gasteiger partial charge in [-0.2, -0.15) is 0 Å². The van der Waals surface area contributed by atoms with Crippen molar-refractivity contribution in [1.29, 1.82) is 0 Å². The Labute approximate surface area is 99.6 Å². The molecule has 0 radical (unpaired) electrons. The Morgan fingerprint density at radius 3 is 2.19 bits per heavy atom. The van der Waals surface area contributed by atoms with Crippen molar-refractivity contribution >= 4 is 0 Å². The molecule has 0 amide bonds. The Bertz CT molecular complexity index is 237. The summed E-state index contributed by atoms with van der Waals surface area (Å²) in [5.74, 6) is 1.57. The van der Waals surface area contributed by atoms with Crippen LogP contribution < -0.4 is 5.73 Å². The van der Waals surface area contributed by atoms with Crippen LogP contribution >= 0.6 is 0 Å². The summed E-state index contributed by atoms with van der Waals surface area (Å²) in [5, 5.41) is 10.7. The van der Waals surface area contributed by atoms with Gasteiger partial charge in [-0.25, -0.2) is 0 Å². The Hall–Kier alpha value is -0.0800. The molecule has 0 heterocycles. The normalized spacial score (nSPS) is 48.8. The summed E-state index contributed by atoms with van der Waals surface area (Å²) in [7, 11) is 0. The Balaban J connectivity index is 2.04. The second kappa shape index (κ2) is 4.30. The molecular formula is C14H27NO. The minimum Gasteiger partial charge on any atom is -0.389 e. The third-order valence-electron chi connectivity index (χ3n) is 5.39. The summed E-state index contributed by atoms with van der Waals surface area (Å²) in [6.45, 7) is 5.18. The Morgan fingerprint density at radius 2 is 1.81 bits per heavy atom. The minimum atomic E-state index is -0.431. The van der Waals surface area contributed by atoms with Gasteiger partial charge < -0.3 is 10.8 Å². The van der Waals surface area contributed by atoms with Crippen LogP contribution in [0.25, 0.3) is 0 Å². The van der Waals surface area contributed by atoms with Crippen LogP contribution in [0.3, 0.4) is 0 Å². The van der Waals surface area contributed by atoms with E-state index in [0.29, 0.717) is 12.5 Å². The number of hydrogen-bond acceptors (Lipinski definition) is 2. The average molecular weight is 225 g/mol. The highest BCUT2D eigenvalue weighted by Gasteiger charge is 2.56. The van der Waals surface area contributed by atoms with Gasteiger partial charge in [0.1, 0.15) is 0 Å². The number of hydrogen-bond donors (Lipinski definition) is 2. The van der Waals surface area contributed by atoms with Crippen molar-refractivity contribution in [1.82, 2.24) is 0 Å². The van der Waals surface area contributed by atoms with Crippen molar-refractivity contribution in [2.75, 3.05) is 6.54 Å². The van der Waals surface area contributed by atoms with E-state index in [-0.39, 0.29) is 5.41 Å². The molecule has 2 aliphatic rings. The molecule has 2 heteroatoms. The molecule has 3 N–H and O–H groups in total. The molecule has 0 aromatic heterocycles. The predicted octanol–water partition coefficient (Wildman–Crippen LogP) is 2.69. The monoisotopic (exact) mass is 225 g/mol. The summed E-state index contributed by atoms with van der Waals surface area (Å²) < 4.78 is 0. The summed E-state index contributed by atoms with van der Waals surface area (Å²) in [6.07, 6.45) is 8.06. The average Bonchev–Trinajstić information content (AvgIpc) is 2.27. The van der Waals surface area contributed by atoms with E-state index in [2.05, 4.69) is 13.8 Å². The lowest BCUT2D eigenvalue weighted by atomic mass is 9.52. The molecule has 0 aliphatic heterocycles. The molecule has 16 heavy (non-hydrogen) atoms. The van der Waals surface area contributed by atoms with E-state index in [4.69, 9.17) is 5.73 Å². The molecular weight excluding hydrogens is 198 g/mol. The fourth-order valence-electron chi connectivity index (χ4n) is 4.02. The van der Waals surface area contributed by atoms with Crippen LogP contribution in [0, 0.1) is 17.3 Å². The third kappa shape index (κ3) is 1.80. The zero-order chi connectivity index (χ0) is 11.8. The highest BCUT2D eigenvalue weighted by Crippen LogP contribution is 2.56. The maximum atomic E-state index is 10.7. The Kier molecular flexibility index (Phi) is 3.33. The van der Waals surface area contributed by atoms with Gasteiger partial charge in [-0.1, -0.05) is 20.3 Å². The van der Waals surface area contributed by atoms with E-state index < -0.39 is 5.60 Å². The zero-order valence-corrected chi connectivity index (χ0v) is 10.8. The maximum Gasteiger partial charge on any atom is 0.0720 e.